The van der Waals surface area contributed by atoms with Gasteiger partial charge in [0.05, 0.1) is 5.69 Å². The highest BCUT2D eigenvalue weighted by Gasteiger charge is 2.33. The topological polar surface area (TPSA) is 94.0 Å². The summed E-state index contributed by atoms with van der Waals surface area (Å²) in [6, 6.07) is 12.4. The van der Waals surface area contributed by atoms with E-state index in [0.717, 1.165) is 15.5 Å². The molecule has 1 N–H and O–H groups in total. The highest BCUT2D eigenvalue weighted by Crippen LogP contribution is 2.27. The highest BCUT2D eigenvalue weighted by atomic mass is 32.1. The lowest BCUT2D eigenvalue weighted by Gasteiger charge is -2.36. The molecule has 1 saturated heterocycles. The number of thiazole rings is 1. The van der Waals surface area contributed by atoms with E-state index < -0.39 is 6.04 Å². The number of fused-ring (bicyclic) bond motifs is 1. The number of hydrogen-bond acceptors (Lipinski definition) is 8. The number of rotatable bonds is 3. The monoisotopic (exact) mass is 435 g/mol. The van der Waals surface area contributed by atoms with Crippen molar-refractivity contribution in [1.29, 1.82) is 0 Å². The number of hydrogen-bond donors (Lipinski definition) is 1. The van der Waals surface area contributed by atoms with E-state index >= 15 is 0 Å². The molecule has 2 aliphatic rings. The molecule has 158 valence electrons. The van der Waals surface area contributed by atoms with E-state index in [1.807, 2.05) is 42.5 Å². The molecule has 31 heavy (non-hydrogen) atoms. The van der Waals surface area contributed by atoms with Crippen LogP contribution in [0.15, 0.2) is 53.7 Å². The molecule has 10 heteroatoms. The number of carbonyl (C=O) groups is 2. The summed E-state index contributed by atoms with van der Waals surface area (Å²) in [5, 5.41) is 2.32. The van der Waals surface area contributed by atoms with Crippen molar-refractivity contribution in [3.05, 3.63) is 48.7 Å². The van der Waals surface area contributed by atoms with E-state index in [4.69, 9.17) is 0 Å². The number of amidine groups is 1. The lowest BCUT2D eigenvalue weighted by Crippen LogP contribution is -2.60. The van der Waals surface area contributed by atoms with Gasteiger partial charge in [0.15, 0.2) is 5.13 Å². The molecular formula is C21H21N7O2S. The number of pyridine rings is 1. The molecule has 0 aliphatic carbocycles. The zero-order chi connectivity index (χ0) is 21.4. The van der Waals surface area contributed by atoms with Crippen LogP contribution in [0.4, 0.5) is 10.8 Å². The zero-order valence-corrected chi connectivity index (χ0v) is 17.7. The van der Waals surface area contributed by atoms with Crippen molar-refractivity contribution >= 4 is 50.2 Å². The van der Waals surface area contributed by atoms with Gasteiger partial charge in [-0.25, -0.2) is 20.0 Å². The maximum Gasteiger partial charge on any atom is 0.290 e. The van der Waals surface area contributed by atoms with Crippen LogP contribution in [-0.4, -0.2) is 64.7 Å². The van der Waals surface area contributed by atoms with Gasteiger partial charge < -0.3 is 9.80 Å². The van der Waals surface area contributed by atoms with E-state index in [0.29, 0.717) is 31.9 Å². The maximum atomic E-state index is 13.1. The predicted molar refractivity (Wildman–Crippen MR) is 120 cm³/mol. The minimum atomic E-state index is -0.628. The van der Waals surface area contributed by atoms with Gasteiger partial charge in [-0.05, 0) is 31.2 Å². The van der Waals surface area contributed by atoms with Crippen molar-refractivity contribution in [3.8, 4) is 0 Å². The quantitative estimate of drug-likeness (QED) is 0.673. The first-order valence-electron chi connectivity index (χ1n) is 10.1. The van der Waals surface area contributed by atoms with Crippen LogP contribution in [-0.2, 0) is 9.59 Å². The summed E-state index contributed by atoms with van der Waals surface area (Å²) in [5.74, 6) is -0.212. The molecule has 2 aromatic heterocycles. The van der Waals surface area contributed by atoms with Crippen molar-refractivity contribution in [2.75, 3.05) is 36.1 Å². The van der Waals surface area contributed by atoms with Gasteiger partial charge in [-0.3, -0.25) is 15.0 Å². The second-order valence-corrected chi connectivity index (χ2v) is 8.33. The van der Waals surface area contributed by atoms with Crippen LogP contribution >= 0.6 is 11.3 Å². The Labute approximate surface area is 183 Å². The Balaban J connectivity index is 1.27. The summed E-state index contributed by atoms with van der Waals surface area (Å²) < 4.78 is 0. The van der Waals surface area contributed by atoms with Crippen LogP contribution in [0.25, 0.3) is 10.3 Å². The second-order valence-electron chi connectivity index (χ2n) is 7.38. The number of nitrogens with zero attached hydrogens (tertiary/aromatic N) is 6. The number of amides is 2. The fourth-order valence-electron chi connectivity index (χ4n) is 3.64. The van der Waals surface area contributed by atoms with Gasteiger partial charge in [-0.15, -0.1) is 0 Å². The third-order valence-electron chi connectivity index (χ3n) is 5.33. The van der Waals surface area contributed by atoms with Gasteiger partial charge >= 0.3 is 0 Å². The van der Waals surface area contributed by atoms with E-state index in [-0.39, 0.29) is 17.6 Å². The molecule has 0 saturated carbocycles. The summed E-state index contributed by atoms with van der Waals surface area (Å²) >= 11 is 1.56. The Kier molecular flexibility index (Phi) is 4.99. The van der Waals surface area contributed by atoms with Gasteiger partial charge in [0.2, 0.25) is 5.84 Å². The molecule has 1 atom stereocenters. The number of para-hydroxylation sites is 1. The van der Waals surface area contributed by atoms with Crippen LogP contribution in [0.1, 0.15) is 6.92 Å². The molecule has 0 spiro atoms. The first-order chi connectivity index (χ1) is 15.1. The lowest BCUT2D eigenvalue weighted by molar-refractivity contribution is -0.125. The van der Waals surface area contributed by atoms with Crippen molar-refractivity contribution in [3.63, 3.8) is 0 Å². The zero-order valence-electron chi connectivity index (χ0n) is 16.9. The van der Waals surface area contributed by atoms with E-state index in [1.165, 1.54) is 5.01 Å². The smallest absolute Gasteiger partial charge is 0.290 e. The molecule has 5 rings (SSSR count). The Morgan fingerprint density at radius 1 is 1.10 bits per heavy atom. The molecule has 1 fully saturated rings. The molecule has 1 aromatic carbocycles. The van der Waals surface area contributed by atoms with Crippen LogP contribution < -0.4 is 15.3 Å². The fraction of sp³-hybridized carbons (Fsp3) is 0.286. The molecule has 9 nitrogen and oxygen atoms in total. The first-order valence-corrected chi connectivity index (χ1v) is 10.9. The molecule has 0 bridgehead atoms. The Hall–Kier alpha value is -3.53. The van der Waals surface area contributed by atoms with E-state index in [1.54, 1.807) is 29.4 Å². The second kappa shape index (κ2) is 7.95. The molecular weight excluding hydrogens is 414 g/mol. The predicted octanol–water partition coefficient (Wildman–Crippen LogP) is 1.68. The summed E-state index contributed by atoms with van der Waals surface area (Å²) in [7, 11) is 0. The van der Waals surface area contributed by atoms with Crippen LogP contribution in [0.2, 0.25) is 0 Å². The molecule has 2 aliphatic heterocycles. The summed E-state index contributed by atoms with van der Waals surface area (Å²) in [4.78, 5) is 43.9. The number of hydrazine groups is 1. The molecule has 4 heterocycles. The van der Waals surface area contributed by atoms with Crippen LogP contribution in [0, 0.1) is 0 Å². The molecule has 0 radical (unpaired) electrons. The van der Waals surface area contributed by atoms with Gasteiger partial charge in [-0.1, -0.05) is 29.5 Å². The first kappa shape index (κ1) is 19.4. The van der Waals surface area contributed by atoms with Crippen molar-refractivity contribution < 1.29 is 9.59 Å². The Bertz CT molecular complexity index is 1120. The van der Waals surface area contributed by atoms with Crippen molar-refractivity contribution in [1.82, 2.24) is 20.3 Å². The minimum absolute atomic E-state index is 0.189. The number of carbonyl (C=O) groups excluding carboxylic acids is 2. The molecule has 2 amide bonds. The average Bonchev–Trinajstić information content (AvgIpc) is 3.25. The third-order valence-corrected chi connectivity index (χ3v) is 6.37. The largest absolute Gasteiger partial charge is 0.344 e. The maximum absolute atomic E-state index is 13.1. The van der Waals surface area contributed by atoms with Gasteiger partial charge in [-0.2, -0.15) is 0 Å². The molecule has 1 unspecified atom stereocenters. The Morgan fingerprint density at radius 3 is 2.61 bits per heavy atom. The normalized spacial score (nSPS) is 19.4. The number of piperazine rings is 1. The summed E-state index contributed by atoms with van der Waals surface area (Å²) in [5.41, 5.74) is 4.48. The number of nitrogens with one attached hydrogen (secondary N) is 1. The number of aliphatic imine (C=N–C) groups is 1. The highest BCUT2D eigenvalue weighted by molar-refractivity contribution is 7.21. The fourth-order valence-corrected chi connectivity index (χ4v) is 4.60. The van der Waals surface area contributed by atoms with Gasteiger partial charge in [0.25, 0.3) is 11.8 Å². The number of aromatic nitrogens is 2. The third kappa shape index (κ3) is 3.70. The Morgan fingerprint density at radius 2 is 1.87 bits per heavy atom. The number of benzene rings is 1. The van der Waals surface area contributed by atoms with Gasteiger partial charge in [0.1, 0.15) is 16.4 Å². The van der Waals surface area contributed by atoms with Gasteiger partial charge in [0, 0.05) is 32.4 Å². The van der Waals surface area contributed by atoms with Crippen LogP contribution in [0.3, 0.4) is 0 Å². The van der Waals surface area contributed by atoms with Crippen molar-refractivity contribution in [2.24, 2.45) is 4.99 Å². The van der Waals surface area contributed by atoms with E-state index in [9.17, 15) is 9.59 Å². The van der Waals surface area contributed by atoms with Crippen molar-refractivity contribution in [2.45, 2.75) is 13.0 Å². The number of anilines is 2. The van der Waals surface area contributed by atoms with E-state index in [2.05, 4.69) is 25.3 Å². The standard InChI is InChI=1S/C21H21N7O2S/c1-14-19(29)28(15-6-3-2-4-7-15)25-17(23-14)20(30)26-10-12-27(13-11-26)21-24-16-8-5-9-22-18(16)31-21/h2-9,14H,10-13H2,1H3,(H,23,25). The average molecular weight is 436 g/mol. The summed E-state index contributed by atoms with van der Waals surface area (Å²) in [6.45, 7) is 4.16. The lowest BCUT2D eigenvalue weighted by atomic mass is 10.2. The summed E-state index contributed by atoms with van der Waals surface area (Å²) in [6.07, 6.45) is 1.77. The SMILES string of the molecule is CC1N=C(C(=O)N2CCN(c3nc4cccnc4s3)CC2)NN(c2ccccc2)C1=O. The minimum Gasteiger partial charge on any atom is -0.344 e. The molecule has 3 aromatic rings. The van der Waals surface area contributed by atoms with Crippen LogP contribution in [0.5, 0.6) is 0 Å².